The van der Waals surface area contributed by atoms with Gasteiger partial charge in [-0.05, 0) is 66.3 Å². The molecule has 1 heterocycles. The average Bonchev–Trinajstić information content (AvgIpc) is 3.31. The Balaban J connectivity index is 1.36. The van der Waals surface area contributed by atoms with Gasteiger partial charge >= 0.3 is 6.09 Å². The maximum absolute atomic E-state index is 12.6. The summed E-state index contributed by atoms with van der Waals surface area (Å²) in [7, 11) is 0. The van der Waals surface area contributed by atoms with Gasteiger partial charge in [-0.25, -0.2) is 9.78 Å². The smallest absolute Gasteiger partial charge is 0.408 e. The zero-order valence-electron chi connectivity index (χ0n) is 23.6. The van der Waals surface area contributed by atoms with Gasteiger partial charge in [0.2, 0.25) is 0 Å². The molecule has 1 unspecified atom stereocenters. The molecule has 1 aliphatic carbocycles. The molecule has 4 aromatic rings. The van der Waals surface area contributed by atoms with Crippen molar-refractivity contribution in [2.45, 2.75) is 72.4 Å². The van der Waals surface area contributed by atoms with Gasteiger partial charge in [0.05, 0.1) is 17.1 Å². The zero-order chi connectivity index (χ0) is 27.8. The summed E-state index contributed by atoms with van der Waals surface area (Å²) in [5.74, 6) is 2.22. The predicted molar refractivity (Wildman–Crippen MR) is 156 cm³/mol. The number of imidazole rings is 1. The molecule has 6 nitrogen and oxygen atoms in total. The Hall–Kier alpha value is -3.80. The minimum atomic E-state index is -0.845. The van der Waals surface area contributed by atoms with Crippen LogP contribution < -0.4 is 4.74 Å². The van der Waals surface area contributed by atoms with E-state index in [2.05, 4.69) is 39.6 Å². The molecule has 0 saturated heterocycles. The molecule has 3 aromatic carbocycles. The Labute approximate surface area is 231 Å². The van der Waals surface area contributed by atoms with Crippen molar-refractivity contribution in [1.29, 1.82) is 0 Å². The van der Waals surface area contributed by atoms with Crippen molar-refractivity contribution in [3.05, 3.63) is 78.4 Å². The van der Waals surface area contributed by atoms with Crippen molar-refractivity contribution in [2.75, 3.05) is 0 Å². The molecule has 1 atom stereocenters. The molecule has 1 saturated carbocycles. The van der Waals surface area contributed by atoms with E-state index in [1.165, 1.54) is 0 Å². The van der Waals surface area contributed by atoms with Crippen LogP contribution >= 0.6 is 0 Å². The van der Waals surface area contributed by atoms with E-state index < -0.39 is 6.09 Å². The molecule has 39 heavy (non-hydrogen) atoms. The monoisotopic (exact) mass is 525 g/mol. The first kappa shape index (κ1) is 26.8. The Morgan fingerprint density at radius 3 is 2.26 bits per heavy atom. The van der Waals surface area contributed by atoms with Gasteiger partial charge < -0.3 is 14.8 Å². The third-order valence-corrected chi connectivity index (χ3v) is 7.95. The Bertz CT molecular complexity index is 1420. The molecule has 1 fully saturated rings. The van der Waals surface area contributed by atoms with E-state index >= 15 is 0 Å². The van der Waals surface area contributed by atoms with Crippen LogP contribution in [0.4, 0.5) is 4.79 Å². The van der Waals surface area contributed by atoms with E-state index in [-0.39, 0.29) is 22.9 Å². The van der Waals surface area contributed by atoms with E-state index in [9.17, 15) is 9.90 Å². The van der Waals surface area contributed by atoms with Crippen molar-refractivity contribution in [3.63, 3.8) is 0 Å². The second-order valence-corrected chi connectivity index (χ2v) is 12.7. The normalized spacial score (nSPS) is 16.6. The van der Waals surface area contributed by atoms with Crippen molar-refractivity contribution >= 4 is 17.1 Å². The zero-order valence-corrected chi connectivity index (χ0v) is 23.6. The van der Waals surface area contributed by atoms with Crippen molar-refractivity contribution in [3.8, 4) is 22.9 Å². The first-order valence-corrected chi connectivity index (χ1v) is 13.8. The summed E-state index contributed by atoms with van der Waals surface area (Å²) in [5.41, 5.74) is 3.81. The van der Waals surface area contributed by atoms with Crippen LogP contribution in [0.15, 0.2) is 72.8 Å². The maximum atomic E-state index is 12.6. The molecule has 5 rings (SSSR count). The van der Waals surface area contributed by atoms with Gasteiger partial charge in [-0.3, -0.25) is 4.90 Å². The van der Waals surface area contributed by atoms with Crippen LogP contribution in [0.1, 0.15) is 71.9 Å². The molecule has 1 aliphatic rings. The molecule has 6 heteroatoms. The molecular formula is C33H39N3O3. The lowest BCUT2D eigenvalue weighted by molar-refractivity contribution is 0.0279. The molecule has 1 aromatic heterocycles. The first-order valence-electron chi connectivity index (χ1n) is 13.8. The summed E-state index contributed by atoms with van der Waals surface area (Å²) in [5, 5.41) is 10.4. The number of rotatable bonds is 6. The molecule has 204 valence electrons. The highest BCUT2D eigenvalue weighted by molar-refractivity contribution is 5.80. The van der Waals surface area contributed by atoms with E-state index in [1.807, 2.05) is 72.8 Å². The molecule has 0 radical (unpaired) electrons. The molecule has 2 N–H and O–H groups in total. The summed E-state index contributed by atoms with van der Waals surface area (Å²) >= 11 is 0. The number of aromatic nitrogens is 2. The fraction of sp³-hybridized carbons (Fsp3) is 0.394. The second kappa shape index (κ2) is 10.4. The van der Waals surface area contributed by atoms with Crippen LogP contribution in [0.25, 0.3) is 22.4 Å². The van der Waals surface area contributed by atoms with Gasteiger partial charge in [-0.15, -0.1) is 0 Å². The van der Waals surface area contributed by atoms with Gasteiger partial charge in [0, 0.05) is 17.7 Å². The van der Waals surface area contributed by atoms with Gasteiger partial charge in [0.25, 0.3) is 0 Å². The average molecular weight is 526 g/mol. The highest BCUT2D eigenvalue weighted by Gasteiger charge is 2.41. The number of fused-ring (bicyclic) bond motifs is 1. The number of hydrogen-bond donors (Lipinski definition) is 2. The summed E-state index contributed by atoms with van der Waals surface area (Å²) in [6, 6.07) is 23.5. The van der Waals surface area contributed by atoms with Crippen LogP contribution in [0.3, 0.4) is 0 Å². The molecule has 0 spiro atoms. The summed E-state index contributed by atoms with van der Waals surface area (Å²) < 4.78 is 6.19. The highest BCUT2D eigenvalue weighted by atomic mass is 16.5. The van der Waals surface area contributed by atoms with Crippen LogP contribution in [0, 0.1) is 10.8 Å². The molecule has 1 amide bonds. The minimum Gasteiger partial charge on any atom is -0.465 e. The highest BCUT2D eigenvalue weighted by Crippen LogP contribution is 2.44. The van der Waals surface area contributed by atoms with E-state index in [0.29, 0.717) is 11.5 Å². The number of hydrogen-bond acceptors (Lipinski definition) is 3. The number of amides is 1. The van der Waals surface area contributed by atoms with E-state index in [0.717, 1.165) is 53.7 Å². The lowest BCUT2D eigenvalue weighted by Crippen LogP contribution is -2.48. The quantitative estimate of drug-likeness (QED) is 0.263. The van der Waals surface area contributed by atoms with Gasteiger partial charge in [-0.2, -0.15) is 0 Å². The summed E-state index contributed by atoms with van der Waals surface area (Å²) in [6.45, 7) is 10.9. The number of nitrogens with one attached hydrogen (secondary N) is 1. The van der Waals surface area contributed by atoms with Crippen LogP contribution in [-0.4, -0.2) is 32.1 Å². The van der Waals surface area contributed by atoms with Crippen molar-refractivity contribution < 1.29 is 14.6 Å². The van der Waals surface area contributed by atoms with Gasteiger partial charge in [0.15, 0.2) is 0 Å². The third-order valence-electron chi connectivity index (χ3n) is 7.95. The standard InChI is InChI=1S/C33H39N3O3/c1-32(2,3)29(36(31(37)38)24-17-19-33(4,5)20-18-24)22-11-13-25(14-12-22)39-26-15-16-27-28(21-26)35-30(34-27)23-9-7-6-8-10-23/h6-16,21,24,29H,17-20H2,1-5H3,(H,34,35)(H,37,38). The first-order chi connectivity index (χ1) is 18.5. The second-order valence-electron chi connectivity index (χ2n) is 12.7. The van der Waals surface area contributed by atoms with Gasteiger partial charge in [0.1, 0.15) is 17.3 Å². The Morgan fingerprint density at radius 2 is 1.64 bits per heavy atom. The lowest BCUT2D eigenvalue weighted by Gasteiger charge is -2.46. The summed E-state index contributed by atoms with van der Waals surface area (Å²) in [6.07, 6.45) is 3.03. The third kappa shape index (κ3) is 5.95. The largest absolute Gasteiger partial charge is 0.465 e. The Morgan fingerprint density at radius 1 is 1.00 bits per heavy atom. The number of carboxylic acid groups (broad SMARTS) is 1. The Kier molecular flexibility index (Phi) is 7.15. The van der Waals surface area contributed by atoms with Gasteiger partial charge in [-0.1, -0.05) is 77.1 Å². The number of H-pyrrole nitrogens is 1. The molecule has 0 aliphatic heterocycles. The number of nitrogens with zero attached hydrogens (tertiary/aromatic N) is 2. The van der Waals surface area contributed by atoms with Crippen LogP contribution in [0.5, 0.6) is 11.5 Å². The number of carbonyl (C=O) groups is 1. The fourth-order valence-corrected chi connectivity index (χ4v) is 5.85. The lowest BCUT2D eigenvalue weighted by atomic mass is 9.73. The van der Waals surface area contributed by atoms with E-state index in [1.54, 1.807) is 4.90 Å². The minimum absolute atomic E-state index is 0.0250. The van der Waals surface area contributed by atoms with E-state index in [4.69, 9.17) is 9.72 Å². The maximum Gasteiger partial charge on any atom is 0.408 e. The van der Waals surface area contributed by atoms with Crippen LogP contribution in [-0.2, 0) is 0 Å². The molecule has 0 bridgehead atoms. The van der Waals surface area contributed by atoms with Crippen molar-refractivity contribution in [1.82, 2.24) is 14.9 Å². The predicted octanol–water partition coefficient (Wildman–Crippen LogP) is 9.06. The SMILES string of the molecule is CC1(C)CCC(N(C(=O)O)C(c2ccc(Oc3ccc4[nH]c(-c5ccccc5)nc4c3)cc2)C(C)(C)C)CC1. The molecular weight excluding hydrogens is 486 g/mol. The van der Waals surface area contributed by atoms with Crippen molar-refractivity contribution in [2.24, 2.45) is 10.8 Å². The van der Waals surface area contributed by atoms with Crippen LogP contribution in [0.2, 0.25) is 0 Å². The number of aromatic amines is 1. The number of ether oxygens (including phenoxy) is 1. The topological polar surface area (TPSA) is 78.5 Å². The fourth-order valence-electron chi connectivity index (χ4n) is 5.85. The number of benzene rings is 3. The summed E-state index contributed by atoms with van der Waals surface area (Å²) in [4.78, 5) is 22.5.